The molecular weight excluding hydrogens is 344 g/mol. The van der Waals surface area contributed by atoms with Crippen LogP contribution in [-0.4, -0.2) is 36.4 Å². The molecule has 3 rings (SSSR count). The Morgan fingerprint density at radius 1 is 1.11 bits per heavy atom. The van der Waals surface area contributed by atoms with E-state index in [-0.39, 0.29) is 30.2 Å². The van der Waals surface area contributed by atoms with Gasteiger partial charge in [0.2, 0.25) is 11.8 Å². The maximum absolute atomic E-state index is 12.5. The van der Waals surface area contributed by atoms with Gasteiger partial charge in [0.05, 0.1) is 13.0 Å². The van der Waals surface area contributed by atoms with E-state index in [0.717, 1.165) is 0 Å². The molecule has 1 atom stereocenters. The summed E-state index contributed by atoms with van der Waals surface area (Å²) in [5, 5.41) is 2.88. The highest BCUT2D eigenvalue weighted by Crippen LogP contribution is 2.31. The highest BCUT2D eigenvalue weighted by atomic mass is 16.5. The number of amides is 2. The fraction of sp³-hybridized carbons (Fsp3) is 0.333. The number of benzene rings is 2. The maximum atomic E-state index is 12.5. The number of hydrogen-bond acceptors (Lipinski definition) is 4. The van der Waals surface area contributed by atoms with Gasteiger partial charge < -0.3 is 19.7 Å². The zero-order valence-electron chi connectivity index (χ0n) is 15.8. The molecule has 27 heavy (non-hydrogen) atoms. The van der Waals surface area contributed by atoms with Crippen molar-refractivity contribution in [3.63, 3.8) is 0 Å². The van der Waals surface area contributed by atoms with Crippen LogP contribution in [0, 0.1) is 5.92 Å². The number of rotatable bonds is 6. The molecule has 6 heteroatoms. The van der Waals surface area contributed by atoms with E-state index in [0.29, 0.717) is 29.5 Å². The predicted molar refractivity (Wildman–Crippen MR) is 103 cm³/mol. The minimum absolute atomic E-state index is 0.0331. The fourth-order valence-corrected chi connectivity index (χ4v) is 3.09. The Hall–Kier alpha value is -3.02. The zero-order valence-corrected chi connectivity index (χ0v) is 15.8. The van der Waals surface area contributed by atoms with Gasteiger partial charge in [-0.05, 0) is 50.2 Å². The molecule has 0 saturated carbocycles. The quantitative estimate of drug-likeness (QED) is 0.844. The summed E-state index contributed by atoms with van der Waals surface area (Å²) in [5.41, 5.74) is 0.669. The topological polar surface area (TPSA) is 67.9 Å². The number of carbonyl (C=O) groups is 2. The summed E-state index contributed by atoms with van der Waals surface area (Å²) in [5.74, 6) is 1.49. The SMILES string of the molecule is COc1ccccc1Oc1ccc(NC(=O)C2CC(=O)N(C(C)C)C2)cc1. The molecule has 0 aliphatic carbocycles. The van der Waals surface area contributed by atoms with Gasteiger partial charge in [-0.3, -0.25) is 9.59 Å². The molecule has 2 aromatic rings. The van der Waals surface area contributed by atoms with Crippen LogP contribution in [-0.2, 0) is 9.59 Å². The number of hydrogen-bond donors (Lipinski definition) is 1. The summed E-state index contributed by atoms with van der Waals surface area (Å²) in [4.78, 5) is 26.2. The number of nitrogens with one attached hydrogen (secondary N) is 1. The third kappa shape index (κ3) is 4.39. The van der Waals surface area contributed by atoms with Gasteiger partial charge in [-0.25, -0.2) is 0 Å². The van der Waals surface area contributed by atoms with Crippen LogP contribution >= 0.6 is 0 Å². The van der Waals surface area contributed by atoms with E-state index in [2.05, 4.69) is 5.32 Å². The van der Waals surface area contributed by atoms with Crippen molar-refractivity contribution < 1.29 is 19.1 Å². The van der Waals surface area contributed by atoms with Gasteiger partial charge in [0.1, 0.15) is 5.75 Å². The molecule has 0 bridgehead atoms. The van der Waals surface area contributed by atoms with E-state index < -0.39 is 0 Å². The summed E-state index contributed by atoms with van der Waals surface area (Å²) < 4.78 is 11.1. The minimum atomic E-state index is -0.315. The van der Waals surface area contributed by atoms with E-state index in [1.807, 2.05) is 38.1 Å². The van der Waals surface area contributed by atoms with Gasteiger partial charge in [-0.1, -0.05) is 12.1 Å². The van der Waals surface area contributed by atoms with E-state index in [9.17, 15) is 9.59 Å². The van der Waals surface area contributed by atoms with Crippen molar-refractivity contribution in [2.24, 2.45) is 5.92 Å². The molecule has 6 nitrogen and oxygen atoms in total. The number of ether oxygens (including phenoxy) is 2. The second kappa shape index (κ2) is 8.12. The maximum Gasteiger partial charge on any atom is 0.229 e. The van der Waals surface area contributed by atoms with Crippen molar-refractivity contribution in [3.05, 3.63) is 48.5 Å². The molecule has 0 aromatic heterocycles. The van der Waals surface area contributed by atoms with Crippen molar-refractivity contribution in [3.8, 4) is 17.2 Å². The fourth-order valence-electron chi connectivity index (χ4n) is 3.09. The van der Waals surface area contributed by atoms with E-state index in [1.54, 1.807) is 36.3 Å². The molecule has 1 aliphatic heterocycles. The lowest BCUT2D eigenvalue weighted by Gasteiger charge is -2.20. The number of nitrogens with zero attached hydrogens (tertiary/aromatic N) is 1. The predicted octanol–water partition coefficient (Wildman–Crippen LogP) is 3.68. The van der Waals surface area contributed by atoms with Crippen LogP contribution < -0.4 is 14.8 Å². The van der Waals surface area contributed by atoms with Crippen LogP contribution in [0.15, 0.2) is 48.5 Å². The van der Waals surface area contributed by atoms with Crippen molar-refractivity contribution in [1.29, 1.82) is 0 Å². The Bertz CT molecular complexity index is 817. The zero-order chi connectivity index (χ0) is 19.4. The lowest BCUT2D eigenvalue weighted by atomic mass is 10.1. The third-order valence-corrected chi connectivity index (χ3v) is 4.57. The molecule has 2 amide bonds. The molecule has 1 unspecified atom stereocenters. The van der Waals surface area contributed by atoms with Crippen LogP contribution in [0.1, 0.15) is 20.3 Å². The van der Waals surface area contributed by atoms with Crippen LogP contribution in [0.4, 0.5) is 5.69 Å². The van der Waals surface area contributed by atoms with E-state index in [1.165, 1.54) is 0 Å². The molecule has 2 aromatic carbocycles. The summed E-state index contributed by atoms with van der Waals surface area (Å²) in [6, 6.07) is 14.6. The monoisotopic (exact) mass is 368 g/mol. The Balaban J connectivity index is 1.61. The molecule has 1 fully saturated rings. The average molecular weight is 368 g/mol. The lowest BCUT2D eigenvalue weighted by molar-refractivity contribution is -0.129. The number of carbonyl (C=O) groups excluding carboxylic acids is 2. The van der Waals surface area contributed by atoms with Gasteiger partial charge in [-0.15, -0.1) is 0 Å². The van der Waals surface area contributed by atoms with E-state index >= 15 is 0 Å². The first-order valence-electron chi connectivity index (χ1n) is 8.99. The second-order valence-electron chi connectivity index (χ2n) is 6.81. The largest absolute Gasteiger partial charge is 0.493 e. The van der Waals surface area contributed by atoms with E-state index in [4.69, 9.17) is 9.47 Å². The van der Waals surface area contributed by atoms with Gasteiger partial charge in [-0.2, -0.15) is 0 Å². The van der Waals surface area contributed by atoms with Gasteiger partial charge in [0, 0.05) is 24.7 Å². The van der Waals surface area contributed by atoms with Crippen LogP contribution in [0.2, 0.25) is 0 Å². The Morgan fingerprint density at radius 2 is 1.78 bits per heavy atom. The summed E-state index contributed by atoms with van der Waals surface area (Å²) in [6.45, 7) is 4.38. The molecule has 1 N–H and O–H groups in total. The van der Waals surface area contributed by atoms with Crippen LogP contribution in [0.3, 0.4) is 0 Å². The molecule has 142 valence electrons. The second-order valence-corrected chi connectivity index (χ2v) is 6.81. The first-order chi connectivity index (χ1) is 13.0. The molecule has 0 radical (unpaired) electrons. The van der Waals surface area contributed by atoms with Crippen LogP contribution in [0.25, 0.3) is 0 Å². The van der Waals surface area contributed by atoms with Gasteiger partial charge in [0.25, 0.3) is 0 Å². The first-order valence-corrected chi connectivity index (χ1v) is 8.99. The average Bonchev–Trinajstić information content (AvgIpc) is 3.06. The Kier molecular flexibility index (Phi) is 5.64. The molecule has 1 aliphatic rings. The standard InChI is InChI=1S/C21H24N2O4/c1-14(2)23-13-15(12-20(23)24)21(25)22-16-8-10-17(11-9-16)27-19-7-5-4-6-18(19)26-3/h4-11,14-15H,12-13H2,1-3H3,(H,22,25). The molecule has 1 saturated heterocycles. The van der Waals surface area contributed by atoms with Crippen LogP contribution in [0.5, 0.6) is 17.2 Å². The normalized spacial score (nSPS) is 16.5. The Morgan fingerprint density at radius 3 is 2.37 bits per heavy atom. The number of anilines is 1. The first kappa shape index (κ1) is 18.8. The minimum Gasteiger partial charge on any atom is -0.493 e. The summed E-state index contributed by atoms with van der Waals surface area (Å²) in [7, 11) is 1.59. The third-order valence-electron chi connectivity index (χ3n) is 4.57. The number of likely N-dealkylation sites (tertiary alicyclic amines) is 1. The molecule has 1 heterocycles. The smallest absolute Gasteiger partial charge is 0.229 e. The number of methoxy groups -OCH3 is 1. The highest BCUT2D eigenvalue weighted by molar-refractivity contribution is 5.97. The van der Waals surface area contributed by atoms with Crippen molar-refractivity contribution in [1.82, 2.24) is 4.90 Å². The molecular formula is C21H24N2O4. The van der Waals surface area contributed by atoms with Gasteiger partial charge in [0.15, 0.2) is 11.5 Å². The Labute approximate surface area is 159 Å². The molecule has 0 spiro atoms. The van der Waals surface area contributed by atoms with Crippen molar-refractivity contribution >= 4 is 17.5 Å². The van der Waals surface area contributed by atoms with Crippen molar-refractivity contribution in [2.45, 2.75) is 26.3 Å². The number of para-hydroxylation sites is 2. The van der Waals surface area contributed by atoms with Gasteiger partial charge >= 0.3 is 0 Å². The lowest BCUT2D eigenvalue weighted by Crippen LogP contribution is -2.33. The summed E-state index contributed by atoms with van der Waals surface area (Å²) >= 11 is 0. The van der Waals surface area contributed by atoms with Crippen molar-refractivity contribution in [2.75, 3.05) is 19.0 Å². The highest BCUT2D eigenvalue weighted by Gasteiger charge is 2.35. The summed E-state index contributed by atoms with van der Waals surface area (Å²) in [6.07, 6.45) is 0.263.